The van der Waals surface area contributed by atoms with Crippen LogP contribution < -0.4 is 5.32 Å². The molecule has 0 radical (unpaired) electrons. The van der Waals surface area contributed by atoms with Crippen molar-refractivity contribution in [1.82, 2.24) is 19.7 Å². The predicted octanol–water partition coefficient (Wildman–Crippen LogP) is 2.54. The second kappa shape index (κ2) is 5.28. The standard InChI is InChI=1S/C15H17N5/c1-3-11-6-4-5-7-12(11)8-16-14-13-9-19-20(2)15(13)18-10-17-14/h4-7,9-10H,3,8H2,1-2H3,(H,16,17,18). The van der Waals surface area contributed by atoms with E-state index >= 15 is 0 Å². The van der Waals surface area contributed by atoms with E-state index in [9.17, 15) is 0 Å². The fourth-order valence-electron chi connectivity index (χ4n) is 2.36. The Kier molecular flexibility index (Phi) is 3.33. The molecule has 0 saturated heterocycles. The monoisotopic (exact) mass is 267 g/mol. The molecule has 0 aliphatic carbocycles. The van der Waals surface area contributed by atoms with Gasteiger partial charge >= 0.3 is 0 Å². The minimum absolute atomic E-state index is 0.755. The van der Waals surface area contributed by atoms with Crippen LogP contribution in [0.1, 0.15) is 18.1 Å². The second-order valence-electron chi connectivity index (χ2n) is 4.70. The van der Waals surface area contributed by atoms with E-state index in [1.54, 1.807) is 17.2 Å². The first-order chi connectivity index (χ1) is 9.79. The van der Waals surface area contributed by atoms with Crippen molar-refractivity contribution in [2.45, 2.75) is 19.9 Å². The summed E-state index contributed by atoms with van der Waals surface area (Å²) >= 11 is 0. The highest BCUT2D eigenvalue weighted by Crippen LogP contribution is 2.19. The summed E-state index contributed by atoms with van der Waals surface area (Å²) in [5.74, 6) is 0.828. The molecular weight excluding hydrogens is 250 g/mol. The summed E-state index contributed by atoms with van der Waals surface area (Å²) in [5.41, 5.74) is 3.49. The number of nitrogens with one attached hydrogen (secondary N) is 1. The third-order valence-electron chi connectivity index (χ3n) is 3.48. The zero-order valence-corrected chi connectivity index (χ0v) is 11.7. The Morgan fingerprint density at radius 3 is 2.75 bits per heavy atom. The smallest absolute Gasteiger partial charge is 0.163 e. The Labute approximate surface area is 117 Å². The molecule has 5 nitrogen and oxygen atoms in total. The van der Waals surface area contributed by atoms with Gasteiger partial charge in [0.1, 0.15) is 12.1 Å². The van der Waals surface area contributed by atoms with Gasteiger partial charge in [0.05, 0.1) is 11.6 Å². The summed E-state index contributed by atoms with van der Waals surface area (Å²) in [6.07, 6.45) is 4.39. The molecule has 20 heavy (non-hydrogen) atoms. The van der Waals surface area contributed by atoms with Crippen LogP contribution in [0.2, 0.25) is 0 Å². The highest BCUT2D eigenvalue weighted by molar-refractivity contribution is 5.85. The number of fused-ring (bicyclic) bond motifs is 1. The summed E-state index contributed by atoms with van der Waals surface area (Å²) < 4.78 is 1.75. The number of aromatic nitrogens is 4. The molecular formula is C15H17N5. The first-order valence-electron chi connectivity index (χ1n) is 6.73. The number of anilines is 1. The van der Waals surface area contributed by atoms with Crippen molar-refractivity contribution in [3.63, 3.8) is 0 Å². The lowest BCUT2D eigenvalue weighted by atomic mass is 10.1. The van der Waals surface area contributed by atoms with Gasteiger partial charge in [-0.25, -0.2) is 9.97 Å². The van der Waals surface area contributed by atoms with Crippen molar-refractivity contribution < 1.29 is 0 Å². The van der Waals surface area contributed by atoms with Crippen molar-refractivity contribution in [3.05, 3.63) is 47.9 Å². The largest absolute Gasteiger partial charge is 0.365 e. The van der Waals surface area contributed by atoms with E-state index < -0.39 is 0 Å². The van der Waals surface area contributed by atoms with E-state index in [1.165, 1.54) is 11.1 Å². The summed E-state index contributed by atoms with van der Waals surface area (Å²) in [7, 11) is 1.88. The van der Waals surface area contributed by atoms with Crippen molar-refractivity contribution in [1.29, 1.82) is 0 Å². The zero-order chi connectivity index (χ0) is 13.9. The molecule has 0 amide bonds. The molecule has 2 aromatic heterocycles. The molecule has 1 aromatic carbocycles. The number of nitrogens with zero attached hydrogens (tertiary/aromatic N) is 4. The van der Waals surface area contributed by atoms with Gasteiger partial charge in [-0.05, 0) is 17.5 Å². The van der Waals surface area contributed by atoms with Gasteiger partial charge in [0, 0.05) is 13.6 Å². The lowest BCUT2D eigenvalue weighted by Gasteiger charge is -2.10. The Hall–Kier alpha value is -2.43. The Morgan fingerprint density at radius 1 is 1.15 bits per heavy atom. The Morgan fingerprint density at radius 2 is 1.95 bits per heavy atom. The minimum atomic E-state index is 0.755. The molecule has 3 rings (SSSR count). The van der Waals surface area contributed by atoms with Gasteiger partial charge < -0.3 is 5.32 Å². The van der Waals surface area contributed by atoms with Crippen LogP contribution in [0.5, 0.6) is 0 Å². The predicted molar refractivity (Wildman–Crippen MR) is 79.5 cm³/mol. The third kappa shape index (κ3) is 2.22. The Balaban J connectivity index is 1.87. The molecule has 5 heteroatoms. The van der Waals surface area contributed by atoms with Crippen LogP contribution in [0.4, 0.5) is 5.82 Å². The van der Waals surface area contributed by atoms with Crippen molar-refractivity contribution in [2.24, 2.45) is 7.05 Å². The number of rotatable bonds is 4. The molecule has 0 atom stereocenters. The topological polar surface area (TPSA) is 55.6 Å². The van der Waals surface area contributed by atoms with Gasteiger partial charge in [0.15, 0.2) is 5.65 Å². The van der Waals surface area contributed by atoms with Crippen molar-refractivity contribution >= 4 is 16.9 Å². The van der Waals surface area contributed by atoms with E-state index in [-0.39, 0.29) is 0 Å². The summed E-state index contributed by atoms with van der Waals surface area (Å²) in [4.78, 5) is 8.55. The van der Waals surface area contributed by atoms with E-state index in [1.807, 2.05) is 7.05 Å². The van der Waals surface area contributed by atoms with Gasteiger partial charge in [-0.3, -0.25) is 4.68 Å². The second-order valence-corrected chi connectivity index (χ2v) is 4.70. The molecule has 0 bridgehead atoms. The maximum atomic E-state index is 4.32. The van der Waals surface area contributed by atoms with Crippen molar-refractivity contribution in [2.75, 3.05) is 5.32 Å². The molecule has 0 aliphatic rings. The van der Waals surface area contributed by atoms with Crippen LogP contribution in [0.15, 0.2) is 36.8 Å². The van der Waals surface area contributed by atoms with Crippen LogP contribution in [-0.2, 0) is 20.0 Å². The van der Waals surface area contributed by atoms with E-state index in [0.717, 1.165) is 29.8 Å². The maximum absolute atomic E-state index is 4.32. The van der Waals surface area contributed by atoms with Gasteiger partial charge in [-0.2, -0.15) is 5.10 Å². The molecule has 0 aliphatic heterocycles. The summed E-state index contributed by atoms with van der Waals surface area (Å²) in [6, 6.07) is 8.45. The quantitative estimate of drug-likeness (QED) is 0.789. The van der Waals surface area contributed by atoms with Gasteiger partial charge in [0.25, 0.3) is 0 Å². The van der Waals surface area contributed by atoms with Crippen LogP contribution in [0.25, 0.3) is 11.0 Å². The molecule has 0 fully saturated rings. The van der Waals surface area contributed by atoms with Crippen LogP contribution in [-0.4, -0.2) is 19.7 Å². The summed E-state index contributed by atoms with van der Waals surface area (Å²) in [6.45, 7) is 2.92. The van der Waals surface area contributed by atoms with Crippen LogP contribution in [0, 0.1) is 0 Å². The van der Waals surface area contributed by atoms with Gasteiger partial charge in [-0.15, -0.1) is 0 Å². The minimum Gasteiger partial charge on any atom is -0.365 e. The molecule has 102 valence electrons. The van der Waals surface area contributed by atoms with Gasteiger partial charge in [0.2, 0.25) is 0 Å². The number of benzene rings is 1. The molecule has 0 saturated carbocycles. The van der Waals surface area contributed by atoms with E-state index in [4.69, 9.17) is 0 Å². The van der Waals surface area contributed by atoms with E-state index in [2.05, 4.69) is 51.6 Å². The molecule has 3 aromatic rings. The maximum Gasteiger partial charge on any atom is 0.163 e. The van der Waals surface area contributed by atoms with Crippen LogP contribution in [0.3, 0.4) is 0 Å². The first kappa shape index (κ1) is 12.6. The normalized spacial score (nSPS) is 10.9. The molecule has 0 unspecified atom stereocenters. The lowest BCUT2D eigenvalue weighted by Crippen LogP contribution is -2.04. The van der Waals surface area contributed by atoms with Gasteiger partial charge in [-0.1, -0.05) is 31.2 Å². The zero-order valence-electron chi connectivity index (χ0n) is 11.7. The van der Waals surface area contributed by atoms with E-state index in [0.29, 0.717) is 0 Å². The number of aryl methyl sites for hydroxylation is 2. The molecule has 1 N–H and O–H groups in total. The Bertz CT molecular complexity index is 732. The number of hydrogen-bond acceptors (Lipinski definition) is 4. The highest BCUT2D eigenvalue weighted by atomic mass is 15.3. The average Bonchev–Trinajstić information content (AvgIpc) is 2.88. The molecule has 0 spiro atoms. The first-order valence-corrected chi connectivity index (χ1v) is 6.73. The highest BCUT2D eigenvalue weighted by Gasteiger charge is 2.08. The lowest BCUT2D eigenvalue weighted by molar-refractivity contribution is 0.785. The third-order valence-corrected chi connectivity index (χ3v) is 3.48. The SMILES string of the molecule is CCc1ccccc1CNc1ncnc2c1cnn2C. The fourth-order valence-corrected chi connectivity index (χ4v) is 2.36. The number of hydrogen-bond donors (Lipinski definition) is 1. The summed E-state index contributed by atoms with van der Waals surface area (Å²) in [5, 5.41) is 8.55. The fraction of sp³-hybridized carbons (Fsp3) is 0.267. The molecule has 2 heterocycles. The average molecular weight is 267 g/mol. The van der Waals surface area contributed by atoms with Crippen LogP contribution >= 0.6 is 0 Å². The van der Waals surface area contributed by atoms with Crippen molar-refractivity contribution in [3.8, 4) is 0 Å².